The number of thiazole rings is 1. The predicted octanol–water partition coefficient (Wildman–Crippen LogP) is 1.54. The fraction of sp³-hybridized carbons (Fsp3) is 0.667. The Morgan fingerprint density at radius 3 is 2.38 bits per heavy atom. The highest BCUT2D eigenvalue weighted by Gasteiger charge is 2.22. The number of hydrogen-bond donors (Lipinski definition) is 0. The fourth-order valence-electron chi connectivity index (χ4n) is 1.12. The van der Waals surface area contributed by atoms with Crippen LogP contribution in [-0.4, -0.2) is 33.9 Å². The Kier molecular flexibility index (Phi) is 4.43. The highest BCUT2D eigenvalue weighted by Crippen LogP contribution is 2.27. The number of rotatable bonds is 5. The van der Waals surface area contributed by atoms with Crippen molar-refractivity contribution < 1.29 is 17.9 Å². The second-order valence-electron chi connectivity index (χ2n) is 3.39. The highest BCUT2D eigenvalue weighted by atomic mass is 32.2. The Morgan fingerprint density at radius 2 is 1.94 bits per heavy atom. The van der Waals surface area contributed by atoms with Gasteiger partial charge in [0.2, 0.25) is 6.29 Å². The van der Waals surface area contributed by atoms with Crippen LogP contribution in [0.5, 0.6) is 0 Å². The van der Waals surface area contributed by atoms with Crippen molar-refractivity contribution in [3.05, 3.63) is 16.1 Å². The maximum absolute atomic E-state index is 11.4. The average molecular weight is 265 g/mol. The van der Waals surface area contributed by atoms with Gasteiger partial charge in [0.15, 0.2) is 9.84 Å². The molecule has 16 heavy (non-hydrogen) atoms. The van der Waals surface area contributed by atoms with Gasteiger partial charge in [-0.15, -0.1) is 11.3 Å². The van der Waals surface area contributed by atoms with E-state index < -0.39 is 21.4 Å². The van der Waals surface area contributed by atoms with Crippen molar-refractivity contribution in [1.82, 2.24) is 4.98 Å². The van der Waals surface area contributed by atoms with Gasteiger partial charge in [-0.1, -0.05) is 0 Å². The van der Waals surface area contributed by atoms with E-state index in [1.54, 1.807) is 12.3 Å². The Hall–Kier alpha value is -0.500. The van der Waals surface area contributed by atoms with Crippen molar-refractivity contribution in [2.75, 3.05) is 20.5 Å². The van der Waals surface area contributed by atoms with Crippen LogP contribution in [-0.2, 0) is 19.3 Å². The summed E-state index contributed by atoms with van der Waals surface area (Å²) >= 11 is 1.29. The van der Waals surface area contributed by atoms with Gasteiger partial charge < -0.3 is 9.47 Å². The van der Waals surface area contributed by atoms with Crippen LogP contribution >= 0.6 is 11.3 Å². The number of methoxy groups -OCH3 is 2. The lowest BCUT2D eigenvalue weighted by molar-refractivity contribution is -0.108. The Morgan fingerprint density at radius 1 is 1.38 bits per heavy atom. The van der Waals surface area contributed by atoms with Crippen molar-refractivity contribution in [3.8, 4) is 0 Å². The molecule has 7 heteroatoms. The van der Waals surface area contributed by atoms with Gasteiger partial charge in [0.1, 0.15) is 16.0 Å². The van der Waals surface area contributed by atoms with Crippen LogP contribution in [0.3, 0.4) is 0 Å². The standard InChI is InChI=1S/C9H15NO4S2/c1-6(16(4,11)12)8-10-7(5-15-8)9(13-2)14-3/h5-6,9H,1-4H3. The first-order valence-corrected chi connectivity index (χ1v) is 7.43. The summed E-state index contributed by atoms with van der Waals surface area (Å²) < 4.78 is 32.8. The second kappa shape index (κ2) is 5.22. The molecular weight excluding hydrogens is 250 g/mol. The maximum Gasteiger partial charge on any atom is 0.201 e. The minimum atomic E-state index is -3.12. The topological polar surface area (TPSA) is 65.5 Å². The lowest BCUT2D eigenvalue weighted by atomic mass is 10.4. The van der Waals surface area contributed by atoms with Crippen LogP contribution < -0.4 is 0 Å². The SMILES string of the molecule is COC(OC)c1csc(C(C)S(C)(=O)=O)n1. The molecule has 5 nitrogen and oxygen atoms in total. The van der Waals surface area contributed by atoms with Crippen molar-refractivity contribution in [1.29, 1.82) is 0 Å². The van der Waals surface area contributed by atoms with Gasteiger partial charge in [0, 0.05) is 25.9 Å². The quantitative estimate of drug-likeness (QED) is 0.756. The molecule has 0 saturated carbocycles. The minimum Gasteiger partial charge on any atom is -0.350 e. The smallest absolute Gasteiger partial charge is 0.201 e. The molecule has 0 saturated heterocycles. The zero-order valence-electron chi connectivity index (χ0n) is 9.63. The molecule has 0 aromatic carbocycles. The molecule has 0 bridgehead atoms. The summed E-state index contributed by atoms with van der Waals surface area (Å²) in [5.41, 5.74) is 0.598. The van der Waals surface area contributed by atoms with Gasteiger partial charge in [-0.25, -0.2) is 13.4 Å². The fourth-order valence-corrected chi connectivity index (χ4v) is 2.98. The van der Waals surface area contributed by atoms with Gasteiger partial charge in [0.05, 0.1) is 0 Å². The lowest BCUT2D eigenvalue weighted by Gasteiger charge is -2.10. The van der Waals surface area contributed by atoms with Crippen molar-refractivity contribution in [3.63, 3.8) is 0 Å². The van der Waals surface area contributed by atoms with Gasteiger partial charge in [-0.2, -0.15) is 0 Å². The molecule has 0 radical (unpaired) electrons. The molecule has 0 N–H and O–H groups in total. The normalized spacial score (nSPS) is 14.3. The summed E-state index contributed by atoms with van der Waals surface area (Å²) in [6.45, 7) is 1.62. The summed E-state index contributed by atoms with van der Waals surface area (Å²) in [6, 6.07) is 0. The molecule has 0 aliphatic carbocycles. The van der Waals surface area contributed by atoms with E-state index in [1.165, 1.54) is 31.8 Å². The van der Waals surface area contributed by atoms with Crippen molar-refractivity contribution in [2.45, 2.75) is 18.5 Å². The third-order valence-corrected chi connectivity index (χ3v) is 4.90. The number of hydrogen-bond acceptors (Lipinski definition) is 6. The third-order valence-electron chi connectivity index (χ3n) is 2.20. The monoisotopic (exact) mass is 265 g/mol. The van der Waals surface area contributed by atoms with Crippen LogP contribution in [0.25, 0.3) is 0 Å². The Labute approximate surface area is 99.3 Å². The zero-order valence-corrected chi connectivity index (χ0v) is 11.3. The first-order chi connectivity index (χ1) is 7.40. The first kappa shape index (κ1) is 13.6. The molecule has 1 atom stereocenters. The van der Waals surface area contributed by atoms with Gasteiger partial charge in [0.25, 0.3) is 0 Å². The van der Waals surface area contributed by atoms with E-state index in [1.807, 2.05) is 0 Å². The Balaban J connectivity index is 2.95. The number of ether oxygens (including phenoxy) is 2. The Bertz CT molecular complexity index is 436. The van der Waals surface area contributed by atoms with Crippen LogP contribution in [0, 0.1) is 0 Å². The minimum absolute atomic E-state index is 0.545. The molecule has 0 amide bonds. The van der Waals surface area contributed by atoms with Gasteiger partial charge >= 0.3 is 0 Å². The summed E-state index contributed by atoms with van der Waals surface area (Å²) in [6.07, 6.45) is 0.653. The molecule has 1 heterocycles. The van der Waals surface area contributed by atoms with E-state index in [0.29, 0.717) is 10.7 Å². The molecule has 1 rings (SSSR count). The number of sulfone groups is 1. The summed E-state index contributed by atoms with van der Waals surface area (Å²) in [4.78, 5) is 4.21. The first-order valence-electron chi connectivity index (χ1n) is 4.60. The molecule has 0 spiro atoms. The molecule has 0 aliphatic heterocycles. The van der Waals surface area contributed by atoms with E-state index in [4.69, 9.17) is 9.47 Å². The van der Waals surface area contributed by atoms with E-state index in [-0.39, 0.29) is 0 Å². The van der Waals surface area contributed by atoms with Crippen LogP contribution in [0.1, 0.15) is 29.2 Å². The van der Waals surface area contributed by atoms with Crippen LogP contribution in [0.2, 0.25) is 0 Å². The van der Waals surface area contributed by atoms with E-state index >= 15 is 0 Å². The zero-order chi connectivity index (χ0) is 12.3. The molecule has 1 aromatic rings. The van der Waals surface area contributed by atoms with Gasteiger partial charge in [-0.05, 0) is 6.92 Å². The summed E-state index contributed by atoms with van der Waals surface area (Å²) in [7, 11) is -0.101. The maximum atomic E-state index is 11.4. The van der Waals surface area contributed by atoms with Crippen LogP contribution in [0.4, 0.5) is 0 Å². The largest absolute Gasteiger partial charge is 0.350 e. The molecule has 0 fully saturated rings. The van der Waals surface area contributed by atoms with Crippen molar-refractivity contribution in [2.24, 2.45) is 0 Å². The second-order valence-corrected chi connectivity index (χ2v) is 6.64. The molecular formula is C9H15NO4S2. The number of aromatic nitrogens is 1. The lowest BCUT2D eigenvalue weighted by Crippen LogP contribution is -2.09. The van der Waals surface area contributed by atoms with E-state index in [9.17, 15) is 8.42 Å². The molecule has 0 aliphatic rings. The van der Waals surface area contributed by atoms with E-state index in [2.05, 4.69) is 4.98 Å². The predicted molar refractivity (Wildman–Crippen MR) is 62.1 cm³/mol. The van der Waals surface area contributed by atoms with E-state index in [0.717, 1.165) is 0 Å². The number of nitrogens with zero attached hydrogens (tertiary/aromatic N) is 1. The van der Waals surface area contributed by atoms with Crippen molar-refractivity contribution >= 4 is 21.2 Å². The summed E-state index contributed by atoms with van der Waals surface area (Å²) in [5.74, 6) is 0. The van der Waals surface area contributed by atoms with Gasteiger partial charge in [-0.3, -0.25) is 0 Å². The average Bonchev–Trinajstić information content (AvgIpc) is 2.66. The van der Waals surface area contributed by atoms with Crippen LogP contribution in [0.15, 0.2) is 5.38 Å². The highest BCUT2D eigenvalue weighted by molar-refractivity contribution is 7.91. The summed E-state index contributed by atoms with van der Waals surface area (Å²) in [5, 5.41) is 1.70. The third kappa shape index (κ3) is 3.00. The molecule has 1 unspecified atom stereocenters. The molecule has 92 valence electrons. The molecule has 1 aromatic heterocycles.